The van der Waals surface area contributed by atoms with Gasteiger partial charge in [-0.05, 0) is 38.0 Å². The molecule has 1 heterocycles. The Bertz CT molecular complexity index is 534. The maximum absolute atomic E-state index is 9.74. The van der Waals surface area contributed by atoms with E-state index in [1.54, 1.807) is 6.33 Å². The van der Waals surface area contributed by atoms with Gasteiger partial charge in [-0.15, -0.1) is 0 Å². The van der Waals surface area contributed by atoms with Gasteiger partial charge in [-0.2, -0.15) is 5.10 Å². The highest BCUT2D eigenvalue weighted by Crippen LogP contribution is 2.20. The van der Waals surface area contributed by atoms with Gasteiger partial charge >= 0.3 is 0 Å². The fourth-order valence-electron chi connectivity index (χ4n) is 1.98. The van der Waals surface area contributed by atoms with E-state index in [9.17, 15) is 5.11 Å². The van der Waals surface area contributed by atoms with E-state index in [1.165, 1.54) is 0 Å². The van der Waals surface area contributed by atoms with Gasteiger partial charge in [0.25, 0.3) is 0 Å². The smallest absolute Gasteiger partial charge is 0.165 e. The van der Waals surface area contributed by atoms with Crippen LogP contribution >= 0.6 is 0 Å². The van der Waals surface area contributed by atoms with Gasteiger partial charge in [0.15, 0.2) is 5.82 Å². The van der Waals surface area contributed by atoms with Crippen LogP contribution in [0.25, 0.3) is 0 Å². The molecule has 0 spiro atoms. The molecule has 5 heteroatoms. The topological polar surface area (TPSA) is 60.2 Å². The van der Waals surface area contributed by atoms with Crippen LogP contribution in [0.4, 0.5) is 0 Å². The molecule has 108 valence electrons. The van der Waals surface area contributed by atoms with Gasteiger partial charge in [0.05, 0.1) is 6.10 Å². The van der Waals surface area contributed by atoms with E-state index < -0.39 is 6.10 Å². The standard InChI is InChI=1S/C15H21N3O2/c1-4-14(19)12-5-7-13(8-6-12)20-9-15-16-10-17-18(15)11(2)3/h5-8,10-11,14,19H,4,9H2,1-3H3. The molecular formula is C15H21N3O2. The first-order chi connectivity index (χ1) is 9.61. The molecule has 0 bridgehead atoms. The van der Waals surface area contributed by atoms with Crippen LogP contribution in [0.3, 0.4) is 0 Å². The van der Waals surface area contributed by atoms with E-state index >= 15 is 0 Å². The lowest BCUT2D eigenvalue weighted by Crippen LogP contribution is -2.10. The van der Waals surface area contributed by atoms with Gasteiger partial charge < -0.3 is 9.84 Å². The number of hydrogen-bond acceptors (Lipinski definition) is 4. The molecule has 0 saturated heterocycles. The third-order valence-corrected chi connectivity index (χ3v) is 3.16. The van der Waals surface area contributed by atoms with Gasteiger partial charge in [-0.1, -0.05) is 19.1 Å². The minimum atomic E-state index is -0.409. The van der Waals surface area contributed by atoms with Crippen LogP contribution in [0.15, 0.2) is 30.6 Å². The molecule has 2 aromatic rings. The van der Waals surface area contributed by atoms with E-state index in [-0.39, 0.29) is 6.04 Å². The van der Waals surface area contributed by atoms with Crippen molar-refractivity contribution in [3.05, 3.63) is 42.0 Å². The van der Waals surface area contributed by atoms with Gasteiger partial charge in [0.2, 0.25) is 0 Å². The molecule has 1 aromatic carbocycles. The van der Waals surface area contributed by atoms with Crippen molar-refractivity contribution in [1.29, 1.82) is 0 Å². The van der Waals surface area contributed by atoms with Crippen LogP contribution in [0.1, 0.15) is 50.7 Å². The number of hydrogen-bond donors (Lipinski definition) is 1. The van der Waals surface area contributed by atoms with Gasteiger partial charge in [-0.25, -0.2) is 9.67 Å². The molecule has 1 atom stereocenters. The number of rotatable bonds is 6. The lowest BCUT2D eigenvalue weighted by atomic mass is 10.1. The van der Waals surface area contributed by atoms with Crippen LogP contribution in [0.5, 0.6) is 5.75 Å². The normalized spacial score (nSPS) is 12.7. The monoisotopic (exact) mass is 275 g/mol. The molecular weight excluding hydrogens is 254 g/mol. The summed E-state index contributed by atoms with van der Waals surface area (Å²) in [4.78, 5) is 4.20. The minimum Gasteiger partial charge on any atom is -0.486 e. The molecule has 0 fully saturated rings. The van der Waals surface area contributed by atoms with Gasteiger partial charge in [0.1, 0.15) is 18.7 Å². The van der Waals surface area contributed by atoms with Crippen molar-refractivity contribution < 1.29 is 9.84 Å². The quantitative estimate of drug-likeness (QED) is 0.880. The Morgan fingerprint density at radius 2 is 1.95 bits per heavy atom. The highest BCUT2D eigenvalue weighted by Gasteiger charge is 2.09. The molecule has 20 heavy (non-hydrogen) atoms. The lowest BCUT2D eigenvalue weighted by molar-refractivity contribution is 0.173. The average molecular weight is 275 g/mol. The van der Waals surface area contributed by atoms with Crippen molar-refractivity contribution >= 4 is 0 Å². The molecule has 1 unspecified atom stereocenters. The zero-order valence-corrected chi connectivity index (χ0v) is 12.2. The third-order valence-electron chi connectivity index (χ3n) is 3.16. The summed E-state index contributed by atoms with van der Waals surface area (Å²) in [5.41, 5.74) is 0.908. The Hall–Kier alpha value is -1.88. The van der Waals surface area contributed by atoms with Gasteiger partial charge in [-0.3, -0.25) is 0 Å². The fraction of sp³-hybridized carbons (Fsp3) is 0.467. The maximum Gasteiger partial charge on any atom is 0.165 e. The average Bonchev–Trinajstić information content (AvgIpc) is 2.93. The highest BCUT2D eigenvalue weighted by molar-refractivity contribution is 5.28. The van der Waals surface area contributed by atoms with E-state index in [0.29, 0.717) is 13.0 Å². The second kappa shape index (κ2) is 6.52. The van der Waals surface area contributed by atoms with Crippen molar-refractivity contribution in [1.82, 2.24) is 14.8 Å². The predicted octanol–water partition coefficient (Wildman–Crippen LogP) is 2.88. The van der Waals surface area contributed by atoms with Crippen molar-refractivity contribution in [2.75, 3.05) is 0 Å². The second-order valence-electron chi connectivity index (χ2n) is 5.00. The molecule has 0 amide bonds. The Kier molecular flexibility index (Phi) is 4.74. The summed E-state index contributed by atoms with van der Waals surface area (Å²) >= 11 is 0. The summed E-state index contributed by atoms with van der Waals surface area (Å²) in [6, 6.07) is 7.76. The van der Waals surface area contributed by atoms with E-state index in [1.807, 2.05) is 35.9 Å². The molecule has 1 N–H and O–H groups in total. The first-order valence-corrected chi connectivity index (χ1v) is 6.91. The number of aromatic nitrogens is 3. The van der Waals surface area contributed by atoms with Crippen LogP contribution in [0, 0.1) is 0 Å². The Morgan fingerprint density at radius 1 is 1.25 bits per heavy atom. The summed E-state index contributed by atoms with van der Waals surface area (Å²) in [7, 11) is 0. The molecule has 2 rings (SSSR count). The summed E-state index contributed by atoms with van der Waals surface area (Å²) in [5, 5.41) is 13.9. The van der Waals surface area contributed by atoms with Crippen molar-refractivity contribution in [3.8, 4) is 5.75 Å². The number of aliphatic hydroxyl groups excluding tert-OH is 1. The number of ether oxygens (including phenoxy) is 1. The Balaban J connectivity index is 1.99. The Morgan fingerprint density at radius 3 is 2.55 bits per heavy atom. The van der Waals surface area contributed by atoms with Gasteiger partial charge in [0, 0.05) is 6.04 Å². The van der Waals surface area contributed by atoms with Crippen LogP contribution in [-0.4, -0.2) is 19.9 Å². The molecule has 0 aliphatic heterocycles. The predicted molar refractivity (Wildman–Crippen MR) is 76.4 cm³/mol. The number of benzene rings is 1. The second-order valence-corrected chi connectivity index (χ2v) is 5.00. The molecule has 0 aliphatic carbocycles. The van der Waals surface area contributed by atoms with E-state index in [4.69, 9.17) is 4.74 Å². The Labute approximate surface area is 119 Å². The summed E-state index contributed by atoms with van der Waals surface area (Å²) in [5.74, 6) is 1.56. The summed E-state index contributed by atoms with van der Waals surface area (Å²) in [6.07, 6.45) is 1.84. The zero-order chi connectivity index (χ0) is 14.5. The highest BCUT2D eigenvalue weighted by atomic mass is 16.5. The van der Waals surface area contributed by atoms with E-state index in [0.717, 1.165) is 17.1 Å². The first kappa shape index (κ1) is 14.5. The third kappa shape index (κ3) is 3.36. The lowest BCUT2D eigenvalue weighted by Gasteiger charge is -2.12. The molecule has 5 nitrogen and oxygen atoms in total. The molecule has 0 radical (unpaired) electrons. The SMILES string of the molecule is CCC(O)c1ccc(OCc2ncnn2C(C)C)cc1. The minimum absolute atomic E-state index is 0.262. The fourth-order valence-corrected chi connectivity index (χ4v) is 1.98. The van der Waals surface area contributed by atoms with E-state index in [2.05, 4.69) is 23.9 Å². The molecule has 0 saturated carbocycles. The van der Waals surface area contributed by atoms with Crippen LogP contribution < -0.4 is 4.74 Å². The summed E-state index contributed by atoms with van der Waals surface area (Å²) in [6.45, 7) is 6.44. The van der Waals surface area contributed by atoms with Crippen molar-refractivity contribution in [2.45, 2.75) is 45.9 Å². The van der Waals surface area contributed by atoms with Crippen molar-refractivity contribution in [3.63, 3.8) is 0 Å². The molecule has 0 aliphatic rings. The van der Waals surface area contributed by atoms with Crippen molar-refractivity contribution in [2.24, 2.45) is 0 Å². The van der Waals surface area contributed by atoms with Crippen LogP contribution in [0.2, 0.25) is 0 Å². The molecule has 1 aromatic heterocycles. The first-order valence-electron chi connectivity index (χ1n) is 6.91. The zero-order valence-electron chi connectivity index (χ0n) is 12.2. The summed E-state index contributed by atoms with van der Waals surface area (Å²) < 4.78 is 7.55. The number of aliphatic hydroxyl groups is 1. The number of nitrogens with zero attached hydrogens (tertiary/aromatic N) is 3. The van der Waals surface area contributed by atoms with Crippen LogP contribution in [-0.2, 0) is 6.61 Å². The largest absolute Gasteiger partial charge is 0.486 e. The maximum atomic E-state index is 9.74.